The Morgan fingerprint density at radius 2 is 0.929 bits per heavy atom. The average molecular weight is 452 g/mol. The van der Waals surface area contributed by atoms with E-state index in [1.807, 2.05) is 60.7 Å². The van der Waals surface area contributed by atoms with Crippen molar-refractivity contribution in [3.63, 3.8) is 0 Å². The SMILES string of the molecule is ClC1(Cl)C(c2ccccc2)=NC23CCCCC12N=C(c1ccccc1)C3(Cl)Cl. The van der Waals surface area contributed by atoms with Gasteiger partial charge in [-0.05, 0) is 24.0 Å². The van der Waals surface area contributed by atoms with Gasteiger partial charge in [-0.15, -0.1) is 0 Å². The molecule has 1 aliphatic carbocycles. The second-order valence-electron chi connectivity index (χ2n) is 7.73. The maximum Gasteiger partial charge on any atom is 0.187 e. The van der Waals surface area contributed by atoms with Crippen molar-refractivity contribution in [2.75, 3.05) is 0 Å². The van der Waals surface area contributed by atoms with Crippen LogP contribution < -0.4 is 0 Å². The Morgan fingerprint density at radius 3 is 1.29 bits per heavy atom. The van der Waals surface area contributed by atoms with Gasteiger partial charge in [0.2, 0.25) is 0 Å². The Morgan fingerprint density at radius 1 is 0.571 bits per heavy atom. The molecule has 1 fully saturated rings. The molecule has 0 amide bonds. The molecule has 0 aromatic heterocycles. The zero-order valence-corrected chi connectivity index (χ0v) is 18.0. The predicted octanol–water partition coefficient (Wildman–Crippen LogP) is 6.39. The van der Waals surface area contributed by atoms with Crippen LogP contribution in [0.2, 0.25) is 0 Å². The number of hydrogen-bond donors (Lipinski definition) is 0. The Kier molecular flexibility index (Phi) is 4.21. The quantitative estimate of drug-likeness (QED) is 0.472. The molecule has 2 unspecified atom stereocenters. The van der Waals surface area contributed by atoms with Crippen molar-refractivity contribution in [1.29, 1.82) is 0 Å². The summed E-state index contributed by atoms with van der Waals surface area (Å²) >= 11 is 28.5. The van der Waals surface area contributed by atoms with Crippen molar-refractivity contribution in [2.24, 2.45) is 9.98 Å². The number of halogens is 4. The number of hydrogen-bond acceptors (Lipinski definition) is 2. The van der Waals surface area contributed by atoms with Gasteiger partial charge in [0.1, 0.15) is 11.1 Å². The molecule has 5 rings (SSSR count). The summed E-state index contributed by atoms with van der Waals surface area (Å²) in [6.45, 7) is 0. The molecular weight excluding hydrogens is 434 g/mol. The van der Waals surface area contributed by atoms with E-state index >= 15 is 0 Å². The molecule has 2 nitrogen and oxygen atoms in total. The maximum absolute atomic E-state index is 7.12. The lowest BCUT2D eigenvalue weighted by Crippen LogP contribution is -2.63. The minimum Gasteiger partial charge on any atom is -0.273 e. The molecule has 0 N–H and O–H groups in total. The van der Waals surface area contributed by atoms with Crippen molar-refractivity contribution in [2.45, 2.75) is 45.4 Å². The predicted molar refractivity (Wildman–Crippen MR) is 119 cm³/mol. The van der Waals surface area contributed by atoms with Crippen LogP contribution in [0.1, 0.15) is 36.8 Å². The highest BCUT2D eigenvalue weighted by molar-refractivity contribution is 6.66. The largest absolute Gasteiger partial charge is 0.273 e. The minimum atomic E-state index is -1.32. The first-order valence-corrected chi connectivity index (χ1v) is 10.9. The monoisotopic (exact) mass is 450 g/mol. The van der Waals surface area contributed by atoms with E-state index in [0.717, 1.165) is 24.0 Å². The van der Waals surface area contributed by atoms with Crippen LogP contribution >= 0.6 is 46.4 Å². The van der Waals surface area contributed by atoms with Gasteiger partial charge in [0.25, 0.3) is 0 Å². The molecule has 2 heterocycles. The fraction of sp³-hybridized carbons (Fsp3) is 0.364. The molecule has 0 spiro atoms. The molecule has 1 saturated carbocycles. The summed E-state index contributed by atoms with van der Waals surface area (Å²) in [7, 11) is 0. The lowest BCUT2D eigenvalue weighted by Gasteiger charge is -2.48. The van der Waals surface area contributed by atoms with Crippen LogP contribution in [-0.2, 0) is 0 Å². The average Bonchev–Trinajstić information content (AvgIpc) is 3.06. The van der Waals surface area contributed by atoms with Gasteiger partial charge in [-0.2, -0.15) is 0 Å². The summed E-state index contributed by atoms with van der Waals surface area (Å²) in [6.07, 6.45) is 3.29. The van der Waals surface area contributed by atoms with Crippen LogP contribution in [0.3, 0.4) is 0 Å². The summed E-state index contributed by atoms with van der Waals surface area (Å²) in [4.78, 5) is 10.2. The Hall–Kier alpha value is -1.06. The number of alkyl halides is 4. The Bertz CT molecular complexity index is 903. The van der Waals surface area contributed by atoms with Crippen LogP contribution in [-0.4, -0.2) is 31.2 Å². The van der Waals surface area contributed by atoms with Gasteiger partial charge in [0, 0.05) is 0 Å². The van der Waals surface area contributed by atoms with Crippen molar-refractivity contribution in [1.82, 2.24) is 0 Å². The van der Waals surface area contributed by atoms with Gasteiger partial charge < -0.3 is 0 Å². The van der Waals surface area contributed by atoms with Crippen LogP contribution in [0.5, 0.6) is 0 Å². The summed E-state index contributed by atoms with van der Waals surface area (Å²) in [5.41, 5.74) is 1.20. The topological polar surface area (TPSA) is 24.7 Å². The second kappa shape index (κ2) is 6.22. The van der Waals surface area contributed by atoms with Crippen molar-refractivity contribution >= 4 is 57.8 Å². The normalized spacial score (nSPS) is 32.3. The third-order valence-corrected chi connectivity index (χ3v) is 8.31. The highest BCUT2D eigenvalue weighted by Crippen LogP contribution is 2.68. The molecule has 2 aromatic rings. The molecule has 2 aliphatic heterocycles. The molecule has 144 valence electrons. The summed E-state index contributed by atoms with van der Waals surface area (Å²) in [5.74, 6) is 0. The van der Waals surface area contributed by atoms with Crippen LogP contribution in [0.4, 0.5) is 0 Å². The first-order chi connectivity index (χ1) is 13.4. The van der Waals surface area contributed by atoms with Gasteiger partial charge in [-0.3, -0.25) is 9.98 Å². The smallest absolute Gasteiger partial charge is 0.187 e. The van der Waals surface area contributed by atoms with Gasteiger partial charge in [-0.25, -0.2) is 0 Å². The Balaban J connectivity index is 1.77. The van der Waals surface area contributed by atoms with Gasteiger partial charge >= 0.3 is 0 Å². The van der Waals surface area contributed by atoms with E-state index in [9.17, 15) is 0 Å². The Labute approximate surface area is 184 Å². The van der Waals surface area contributed by atoms with E-state index in [-0.39, 0.29) is 0 Å². The van der Waals surface area contributed by atoms with Crippen LogP contribution in [0, 0.1) is 0 Å². The minimum absolute atomic E-state index is 0.611. The van der Waals surface area contributed by atoms with Crippen LogP contribution in [0.25, 0.3) is 0 Å². The van der Waals surface area contributed by atoms with E-state index in [1.54, 1.807) is 0 Å². The standard InChI is InChI=1S/C22H18Cl4N2/c23-21(24)17(15-9-3-1-4-10-15)27-20-14-8-7-13-19(20,21)28-18(22(20,25)26)16-11-5-2-6-12-16/h1-6,9-12H,7-8,13-14H2. The third kappa shape index (κ3) is 2.18. The number of aliphatic imine (C=N–C) groups is 2. The van der Waals surface area contributed by atoms with Crippen molar-refractivity contribution in [3.8, 4) is 0 Å². The molecule has 6 heteroatoms. The molecule has 2 atom stereocenters. The molecule has 2 aromatic carbocycles. The highest BCUT2D eigenvalue weighted by Gasteiger charge is 2.80. The summed E-state index contributed by atoms with van der Waals surface area (Å²) < 4.78 is -2.64. The van der Waals surface area contributed by atoms with Gasteiger partial charge in [-0.1, -0.05) is 120 Å². The summed E-state index contributed by atoms with van der Waals surface area (Å²) in [6, 6.07) is 19.5. The molecule has 0 bridgehead atoms. The zero-order valence-electron chi connectivity index (χ0n) is 15.0. The number of benzene rings is 2. The molecule has 3 aliphatic rings. The van der Waals surface area contributed by atoms with E-state index < -0.39 is 19.7 Å². The lowest BCUT2D eigenvalue weighted by molar-refractivity contribution is 0.185. The fourth-order valence-electron chi connectivity index (χ4n) is 5.04. The van der Waals surface area contributed by atoms with Crippen LogP contribution in [0.15, 0.2) is 70.6 Å². The fourth-order valence-corrected chi connectivity index (χ4v) is 6.82. The first kappa shape index (κ1) is 18.9. The van der Waals surface area contributed by atoms with Crippen molar-refractivity contribution in [3.05, 3.63) is 71.8 Å². The zero-order chi connectivity index (χ0) is 19.6. The lowest BCUT2D eigenvalue weighted by atomic mass is 9.66. The number of rotatable bonds is 2. The van der Waals surface area contributed by atoms with E-state index in [0.29, 0.717) is 24.3 Å². The molecule has 28 heavy (non-hydrogen) atoms. The maximum atomic E-state index is 7.12. The first-order valence-electron chi connectivity index (χ1n) is 9.43. The van der Waals surface area contributed by atoms with E-state index in [1.165, 1.54) is 0 Å². The highest BCUT2D eigenvalue weighted by atomic mass is 35.5. The number of nitrogens with zero attached hydrogens (tertiary/aromatic N) is 2. The van der Waals surface area contributed by atoms with Crippen molar-refractivity contribution < 1.29 is 0 Å². The van der Waals surface area contributed by atoms with E-state index in [2.05, 4.69) is 0 Å². The second-order valence-corrected chi connectivity index (χ2v) is 10.4. The molecular formula is C22H18Cl4N2. The third-order valence-electron chi connectivity index (χ3n) is 6.34. The molecule has 0 saturated heterocycles. The van der Waals surface area contributed by atoms with Gasteiger partial charge in [0.05, 0.1) is 11.4 Å². The molecule has 0 radical (unpaired) electrons. The summed E-state index contributed by atoms with van der Waals surface area (Å²) in [5, 5.41) is 0. The van der Waals surface area contributed by atoms with E-state index in [4.69, 9.17) is 56.4 Å². The van der Waals surface area contributed by atoms with Gasteiger partial charge in [0.15, 0.2) is 8.67 Å².